The Balaban J connectivity index is 1.15. The van der Waals surface area contributed by atoms with Crippen LogP contribution in [0.3, 0.4) is 0 Å². The van der Waals surface area contributed by atoms with Crippen LogP contribution in [0.5, 0.6) is 17.2 Å². The van der Waals surface area contributed by atoms with Gasteiger partial charge in [0.25, 0.3) is 5.91 Å². The molecule has 0 spiro atoms. The number of nitrogens with one attached hydrogen (secondary N) is 1. The molecule has 1 amide bonds. The first-order valence-corrected chi connectivity index (χ1v) is 9.29. The minimum absolute atomic E-state index is 0.0774. The maximum absolute atomic E-state index is 12.3. The first-order chi connectivity index (χ1) is 14.2. The van der Waals surface area contributed by atoms with E-state index in [1.165, 1.54) is 0 Å². The van der Waals surface area contributed by atoms with Crippen molar-refractivity contribution in [2.75, 3.05) is 6.79 Å². The van der Waals surface area contributed by atoms with E-state index in [1.54, 1.807) is 25.1 Å². The van der Waals surface area contributed by atoms with E-state index in [0.717, 1.165) is 18.6 Å². The summed E-state index contributed by atoms with van der Waals surface area (Å²) in [4.78, 5) is 16.5. The number of aromatic nitrogens is 3. The molecule has 0 bridgehead atoms. The highest BCUT2D eigenvalue weighted by Crippen LogP contribution is 2.41. The van der Waals surface area contributed by atoms with Crippen LogP contribution in [0, 0.1) is 0 Å². The summed E-state index contributed by atoms with van der Waals surface area (Å²) in [7, 11) is 0. The summed E-state index contributed by atoms with van der Waals surface area (Å²) >= 11 is 0. The summed E-state index contributed by atoms with van der Waals surface area (Å²) in [6.45, 7) is 1.90. The van der Waals surface area contributed by atoms with Gasteiger partial charge in [0.05, 0.1) is 6.54 Å². The molecule has 10 nitrogen and oxygen atoms in total. The van der Waals surface area contributed by atoms with Crippen molar-refractivity contribution < 1.29 is 28.1 Å². The third kappa shape index (κ3) is 3.73. The van der Waals surface area contributed by atoms with Crippen LogP contribution < -0.4 is 19.5 Å². The Morgan fingerprint density at radius 1 is 1.21 bits per heavy atom. The third-order valence-electron chi connectivity index (χ3n) is 4.65. The Morgan fingerprint density at radius 3 is 2.93 bits per heavy atom. The Morgan fingerprint density at radius 2 is 2.07 bits per heavy atom. The zero-order valence-electron chi connectivity index (χ0n) is 15.6. The van der Waals surface area contributed by atoms with E-state index in [4.69, 9.17) is 23.3 Å². The minimum atomic E-state index is -0.727. The lowest BCUT2D eigenvalue weighted by molar-refractivity contribution is -0.127. The quantitative estimate of drug-likeness (QED) is 0.639. The molecule has 1 saturated carbocycles. The van der Waals surface area contributed by atoms with Crippen LogP contribution >= 0.6 is 0 Å². The molecule has 1 atom stereocenters. The van der Waals surface area contributed by atoms with Gasteiger partial charge in [0.15, 0.2) is 23.3 Å². The van der Waals surface area contributed by atoms with E-state index in [0.29, 0.717) is 34.7 Å². The van der Waals surface area contributed by atoms with Gasteiger partial charge in [0, 0.05) is 18.1 Å². The van der Waals surface area contributed by atoms with Crippen molar-refractivity contribution in [1.82, 2.24) is 20.6 Å². The number of carbonyl (C=O) groups is 1. The number of rotatable bonds is 7. The predicted molar refractivity (Wildman–Crippen MR) is 96.3 cm³/mol. The molecule has 2 aliphatic rings. The highest BCUT2D eigenvalue weighted by molar-refractivity contribution is 5.80. The van der Waals surface area contributed by atoms with Gasteiger partial charge in [0.1, 0.15) is 11.5 Å². The minimum Gasteiger partial charge on any atom is -0.481 e. The molecule has 0 saturated heterocycles. The molecule has 1 unspecified atom stereocenters. The molecule has 5 rings (SSSR count). The second-order valence-corrected chi connectivity index (χ2v) is 6.89. The Labute approximate surface area is 165 Å². The van der Waals surface area contributed by atoms with Crippen molar-refractivity contribution in [3.8, 4) is 28.8 Å². The SMILES string of the molecule is CC(Oc1ccc2c(c1)OCO2)C(=O)NCc1nc(-c2cc(C3CC3)on2)no1. The molecular formula is C19H18N4O6. The van der Waals surface area contributed by atoms with Crippen LogP contribution in [0.15, 0.2) is 33.3 Å². The van der Waals surface area contributed by atoms with Gasteiger partial charge in [-0.25, -0.2) is 0 Å². The van der Waals surface area contributed by atoms with Crippen LogP contribution in [0.25, 0.3) is 11.5 Å². The number of hydrogen-bond donors (Lipinski definition) is 1. The van der Waals surface area contributed by atoms with Crippen LogP contribution in [0.1, 0.15) is 37.3 Å². The average Bonchev–Trinajstić information content (AvgIpc) is 3.14. The highest BCUT2D eigenvalue weighted by Gasteiger charge is 2.29. The second-order valence-electron chi connectivity index (χ2n) is 6.89. The summed E-state index contributed by atoms with van der Waals surface area (Å²) in [5.74, 6) is 3.31. The van der Waals surface area contributed by atoms with Crippen molar-refractivity contribution in [2.24, 2.45) is 0 Å². The Bertz CT molecular complexity index is 1040. The van der Waals surface area contributed by atoms with Gasteiger partial charge in [-0.2, -0.15) is 4.98 Å². The smallest absolute Gasteiger partial charge is 0.261 e. The second kappa shape index (κ2) is 7.12. The molecule has 1 aliphatic carbocycles. The lowest BCUT2D eigenvalue weighted by atomic mass is 10.3. The number of fused-ring (bicyclic) bond motifs is 1. The molecular weight excluding hydrogens is 380 g/mol. The van der Waals surface area contributed by atoms with Gasteiger partial charge in [-0.15, -0.1) is 0 Å². The van der Waals surface area contributed by atoms with E-state index in [2.05, 4.69) is 20.6 Å². The van der Waals surface area contributed by atoms with E-state index in [9.17, 15) is 4.79 Å². The largest absolute Gasteiger partial charge is 0.481 e. The first-order valence-electron chi connectivity index (χ1n) is 9.29. The van der Waals surface area contributed by atoms with Crippen molar-refractivity contribution in [3.63, 3.8) is 0 Å². The fourth-order valence-corrected chi connectivity index (χ4v) is 2.90. The molecule has 150 valence electrons. The molecule has 1 fully saturated rings. The number of amides is 1. The number of benzene rings is 1. The predicted octanol–water partition coefficient (Wildman–Crippen LogP) is 2.41. The van der Waals surface area contributed by atoms with Crippen molar-refractivity contribution >= 4 is 5.91 Å². The molecule has 1 aliphatic heterocycles. The fourth-order valence-electron chi connectivity index (χ4n) is 2.90. The van der Waals surface area contributed by atoms with Crippen LogP contribution in [-0.2, 0) is 11.3 Å². The zero-order chi connectivity index (χ0) is 19.8. The van der Waals surface area contributed by atoms with Gasteiger partial charge in [-0.05, 0) is 31.9 Å². The van der Waals surface area contributed by atoms with Gasteiger partial charge in [-0.3, -0.25) is 4.79 Å². The Hall–Kier alpha value is -3.56. The summed E-state index contributed by atoms with van der Waals surface area (Å²) in [5.41, 5.74) is 0.521. The van der Waals surface area contributed by atoms with Crippen LogP contribution in [-0.4, -0.2) is 34.1 Å². The van der Waals surface area contributed by atoms with Gasteiger partial charge >= 0.3 is 0 Å². The summed E-state index contributed by atoms with van der Waals surface area (Å²) in [5, 5.41) is 10.6. The first kappa shape index (κ1) is 17.5. The van der Waals surface area contributed by atoms with E-state index < -0.39 is 6.10 Å². The fraction of sp³-hybridized carbons (Fsp3) is 0.368. The van der Waals surface area contributed by atoms with Gasteiger partial charge < -0.3 is 28.6 Å². The van der Waals surface area contributed by atoms with Gasteiger partial charge in [-0.1, -0.05) is 10.3 Å². The maximum Gasteiger partial charge on any atom is 0.261 e. The average molecular weight is 398 g/mol. The standard InChI is InChI=1S/C19H18N4O6/c1-10(27-12-4-5-14-16(6-12)26-9-25-14)19(24)20-8-17-21-18(23-29-17)13-7-15(28-22-13)11-2-3-11/h4-7,10-11H,2-3,8-9H2,1H3,(H,20,24). The molecule has 2 aromatic heterocycles. The lowest BCUT2D eigenvalue weighted by Gasteiger charge is -2.14. The normalized spacial score (nSPS) is 15.9. The maximum atomic E-state index is 12.3. The van der Waals surface area contributed by atoms with E-state index in [-0.39, 0.29) is 25.1 Å². The molecule has 1 aromatic carbocycles. The summed E-state index contributed by atoms with van der Waals surface area (Å²) < 4.78 is 26.7. The monoisotopic (exact) mass is 398 g/mol. The van der Waals surface area contributed by atoms with Gasteiger partial charge in [0.2, 0.25) is 18.5 Å². The molecule has 0 radical (unpaired) electrons. The molecule has 3 heterocycles. The number of carbonyl (C=O) groups excluding carboxylic acids is 1. The van der Waals surface area contributed by atoms with Crippen molar-refractivity contribution in [1.29, 1.82) is 0 Å². The molecule has 29 heavy (non-hydrogen) atoms. The number of ether oxygens (including phenoxy) is 3. The van der Waals surface area contributed by atoms with Crippen molar-refractivity contribution in [3.05, 3.63) is 35.9 Å². The van der Waals surface area contributed by atoms with Crippen LogP contribution in [0.4, 0.5) is 0 Å². The summed E-state index contributed by atoms with van der Waals surface area (Å²) in [6.07, 6.45) is 1.50. The lowest BCUT2D eigenvalue weighted by Crippen LogP contribution is -2.35. The Kier molecular flexibility index (Phi) is 4.30. The van der Waals surface area contributed by atoms with Crippen molar-refractivity contribution in [2.45, 2.75) is 38.3 Å². The highest BCUT2D eigenvalue weighted by atomic mass is 16.7. The summed E-state index contributed by atoms with van der Waals surface area (Å²) in [6, 6.07) is 6.96. The molecule has 1 N–H and O–H groups in total. The number of nitrogens with zero attached hydrogens (tertiary/aromatic N) is 3. The van der Waals surface area contributed by atoms with E-state index in [1.807, 2.05) is 6.07 Å². The third-order valence-corrected chi connectivity index (χ3v) is 4.65. The molecule has 3 aromatic rings. The zero-order valence-corrected chi connectivity index (χ0v) is 15.6. The van der Waals surface area contributed by atoms with Crippen LogP contribution in [0.2, 0.25) is 0 Å². The van der Waals surface area contributed by atoms with E-state index >= 15 is 0 Å². The topological polar surface area (TPSA) is 122 Å². The molecule has 10 heteroatoms. The number of hydrogen-bond acceptors (Lipinski definition) is 9.